The van der Waals surface area contributed by atoms with E-state index in [1.54, 1.807) is 0 Å². The van der Waals surface area contributed by atoms with E-state index in [4.69, 9.17) is 23.6 Å². The molecule has 0 spiro atoms. The first-order valence-corrected chi connectivity index (χ1v) is 28.2. The van der Waals surface area contributed by atoms with Gasteiger partial charge in [-0.05, 0) is 38.5 Å². The number of ether oxygens (including phenoxy) is 2. The molecular weight excluding hydrogens is 800 g/mol. The molecule has 3 N–H and O–H groups in total. The minimum absolute atomic E-state index is 0.0553. The third-order valence-corrected chi connectivity index (χ3v) is 12.9. The number of carbonyl (C=O) groups is 1. The van der Waals surface area contributed by atoms with E-state index in [2.05, 4.69) is 26.0 Å². The zero-order valence-electron chi connectivity index (χ0n) is 40.9. The number of aliphatic hydroxyl groups is 2. The quantitative estimate of drug-likeness (QED) is 0.0236. The molecule has 0 aliphatic rings. The SMILES string of the molecule is CCCCCCCC/C=C\CCCCCCCCCCCC(=O)OC(COCCCCCCCCCCCCCCCCCCCCCCCC)COP(=O)(O)OCC(O)CO. The first-order valence-electron chi connectivity index (χ1n) is 26.7. The molecule has 0 aliphatic carbocycles. The second-order valence-electron chi connectivity index (χ2n) is 18.3. The molecular formula is C52H103O9P. The normalized spacial score (nSPS) is 13.8. The second kappa shape index (κ2) is 49.6. The fourth-order valence-corrected chi connectivity index (χ4v) is 8.67. The molecule has 3 atom stereocenters. The van der Waals surface area contributed by atoms with Crippen LogP contribution in [0.5, 0.6) is 0 Å². The van der Waals surface area contributed by atoms with E-state index in [-0.39, 0.29) is 25.6 Å². The number of aliphatic hydroxyl groups excluding tert-OH is 2. The lowest BCUT2D eigenvalue weighted by Gasteiger charge is -2.20. The Balaban J connectivity index is 4.01. The molecule has 370 valence electrons. The number of rotatable bonds is 52. The van der Waals surface area contributed by atoms with Crippen LogP contribution in [0, 0.1) is 0 Å². The number of unbranched alkanes of at least 4 members (excludes halogenated alkanes) is 36. The molecule has 0 amide bonds. The fraction of sp³-hybridized carbons (Fsp3) is 0.942. The second-order valence-corrected chi connectivity index (χ2v) is 19.7. The summed E-state index contributed by atoms with van der Waals surface area (Å²) in [7, 11) is -4.52. The third kappa shape index (κ3) is 48.7. The molecule has 0 aromatic rings. The van der Waals surface area contributed by atoms with Gasteiger partial charge >= 0.3 is 13.8 Å². The Morgan fingerprint density at radius 1 is 0.484 bits per heavy atom. The molecule has 62 heavy (non-hydrogen) atoms. The zero-order valence-corrected chi connectivity index (χ0v) is 41.8. The maximum atomic E-state index is 12.7. The molecule has 0 aromatic carbocycles. The highest BCUT2D eigenvalue weighted by Gasteiger charge is 2.26. The van der Waals surface area contributed by atoms with Crippen molar-refractivity contribution in [2.45, 2.75) is 283 Å². The summed E-state index contributed by atoms with van der Waals surface area (Å²) >= 11 is 0. The maximum absolute atomic E-state index is 12.7. The van der Waals surface area contributed by atoms with E-state index in [0.717, 1.165) is 32.1 Å². The van der Waals surface area contributed by atoms with Crippen LogP contribution in [0.3, 0.4) is 0 Å². The van der Waals surface area contributed by atoms with Gasteiger partial charge in [-0.15, -0.1) is 0 Å². The van der Waals surface area contributed by atoms with Crippen molar-refractivity contribution in [1.82, 2.24) is 0 Å². The molecule has 0 fully saturated rings. The van der Waals surface area contributed by atoms with Crippen LogP contribution in [-0.4, -0.2) is 66.3 Å². The van der Waals surface area contributed by atoms with Crippen LogP contribution in [-0.2, 0) is 27.9 Å². The van der Waals surface area contributed by atoms with Crippen molar-refractivity contribution in [2.75, 3.05) is 33.0 Å². The van der Waals surface area contributed by atoms with Gasteiger partial charge in [0.05, 0.1) is 26.4 Å². The van der Waals surface area contributed by atoms with Crippen LogP contribution >= 0.6 is 7.82 Å². The zero-order chi connectivity index (χ0) is 45.3. The monoisotopic (exact) mass is 903 g/mol. The Morgan fingerprint density at radius 3 is 1.21 bits per heavy atom. The number of phosphoric acid groups is 1. The highest BCUT2D eigenvalue weighted by molar-refractivity contribution is 7.47. The van der Waals surface area contributed by atoms with E-state index >= 15 is 0 Å². The molecule has 0 saturated heterocycles. The average molecular weight is 903 g/mol. The number of phosphoric ester groups is 1. The van der Waals surface area contributed by atoms with Crippen molar-refractivity contribution in [3.63, 3.8) is 0 Å². The summed E-state index contributed by atoms with van der Waals surface area (Å²) in [5, 5.41) is 18.4. The summed E-state index contributed by atoms with van der Waals surface area (Å²) in [6, 6.07) is 0. The van der Waals surface area contributed by atoms with E-state index < -0.39 is 33.2 Å². The third-order valence-electron chi connectivity index (χ3n) is 12.0. The topological polar surface area (TPSA) is 132 Å². The van der Waals surface area contributed by atoms with Gasteiger partial charge in [0.25, 0.3) is 0 Å². The summed E-state index contributed by atoms with van der Waals surface area (Å²) in [6.07, 6.45) is 53.2. The van der Waals surface area contributed by atoms with Crippen LogP contribution in [0.15, 0.2) is 12.2 Å². The predicted octanol–water partition coefficient (Wildman–Crippen LogP) is 15.6. The van der Waals surface area contributed by atoms with Gasteiger partial charge in [0.1, 0.15) is 12.2 Å². The predicted molar refractivity (Wildman–Crippen MR) is 261 cm³/mol. The molecule has 0 rings (SSSR count). The summed E-state index contributed by atoms with van der Waals surface area (Å²) in [6.45, 7) is 3.59. The number of carbonyl (C=O) groups excluding carboxylic acids is 1. The molecule has 3 unspecified atom stereocenters. The van der Waals surface area contributed by atoms with Crippen LogP contribution in [0.4, 0.5) is 0 Å². The van der Waals surface area contributed by atoms with E-state index in [1.807, 2.05) is 0 Å². The summed E-state index contributed by atoms with van der Waals surface area (Å²) in [5.41, 5.74) is 0. The van der Waals surface area contributed by atoms with Crippen molar-refractivity contribution in [3.05, 3.63) is 12.2 Å². The van der Waals surface area contributed by atoms with Crippen molar-refractivity contribution in [3.8, 4) is 0 Å². The molecule has 0 aromatic heterocycles. The lowest BCUT2D eigenvalue weighted by Crippen LogP contribution is -2.29. The molecule has 10 heteroatoms. The van der Waals surface area contributed by atoms with Gasteiger partial charge in [-0.2, -0.15) is 0 Å². The van der Waals surface area contributed by atoms with Gasteiger partial charge in [-0.3, -0.25) is 13.8 Å². The first-order chi connectivity index (χ1) is 30.3. The van der Waals surface area contributed by atoms with Crippen LogP contribution in [0.25, 0.3) is 0 Å². The molecule has 0 bridgehead atoms. The first kappa shape index (κ1) is 61.2. The van der Waals surface area contributed by atoms with Gasteiger partial charge in [0.15, 0.2) is 0 Å². The van der Waals surface area contributed by atoms with Crippen molar-refractivity contribution >= 4 is 13.8 Å². The van der Waals surface area contributed by atoms with Crippen molar-refractivity contribution in [2.24, 2.45) is 0 Å². The van der Waals surface area contributed by atoms with Crippen molar-refractivity contribution in [1.29, 1.82) is 0 Å². The molecule has 0 aliphatic heterocycles. The smallest absolute Gasteiger partial charge is 0.457 e. The summed E-state index contributed by atoms with van der Waals surface area (Å²) < 4.78 is 33.6. The van der Waals surface area contributed by atoms with E-state index in [9.17, 15) is 19.4 Å². The Bertz CT molecular complexity index is 980. The van der Waals surface area contributed by atoms with Gasteiger partial charge in [0.2, 0.25) is 0 Å². The lowest BCUT2D eigenvalue weighted by molar-refractivity contribution is -0.154. The van der Waals surface area contributed by atoms with Crippen LogP contribution in [0.2, 0.25) is 0 Å². The van der Waals surface area contributed by atoms with Gasteiger partial charge in [-0.25, -0.2) is 4.57 Å². The maximum Gasteiger partial charge on any atom is 0.472 e. The van der Waals surface area contributed by atoms with Crippen LogP contribution in [0.1, 0.15) is 271 Å². The average Bonchev–Trinajstić information content (AvgIpc) is 3.26. The van der Waals surface area contributed by atoms with Gasteiger partial charge < -0.3 is 24.6 Å². The minimum Gasteiger partial charge on any atom is -0.457 e. The fourth-order valence-electron chi connectivity index (χ4n) is 7.88. The number of hydrogen-bond acceptors (Lipinski definition) is 8. The highest BCUT2D eigenvalue weighted by atomic mass is 31.2. The number of esters is 1. The Hall–Kier alpha value is -0.800. The lowest BCUT2D eigenvalue weighted by atomic mass is 10.0. The Labute approximate surface area is 383 Å². The van der Waals surface area contributed by atoms with Crippen molar-refractivity contribution < 1.29 is 43.0 Å². The summed E-state index contributed by atoms with van der Waals surface area (Å²) in [4.78, 5) is 22.7. The van der Waals surface area contributed by atoms with E-state index in [0.29, 0.717) is 6.61 Å². The molecule has 9 nitrogen and oxygen atoms in total. The van der Waals surface area contributed by atoms with E-state index in [1.165, 1.54) is 218 Å². The standard InChI is InChI=1S/C52H103O9P/c1-3-5-7-9-11-13-15-17-19-21-23-24-25-27-29-31-33-35-37-39-41-43-45-58-48-51(49-60-62(56,57)59-47-50(54)46-53)61-52(55)44-42-40-38-36-34-32-30-28-26-22-20-18-16-14-12-10-8-6-4-2/h18,20,50-51,53-54H,3-17,19,21-49H2,1-2H3,(H,56,57)/b20-18-. The molecule has 0 saturated carbocycles. The number of hydrogen-bond donors (Lipinski definition) is 3. The van der Waals surface area contributed by atoms with Gasteiger partial charge in [0, 0.05) is 13.0 Å². The number of allylic oxidation sites excluding steroid dienone is 2. The largest absolute Gasteiger partial charge is 0.472 e. The molecule has 0 radical (unpaired) electrons. The molecule has 0 heterocycles. The Morgan fingerprint density at radius 2 is 0.823 bits per heavy atom. The minimum atomic E-state index is -4.52. The Kier molecular flexibility index (Phi) is 49.0. The van der Waals surface area contributed by atoms with Gasteiger partial charge in [-0.1, -0.05) is 238 Å². The highest BCUT2D eigenvalue weighted by Crippen LogP contribution is 2.43. The summed E-state index contributed by atoms with van der Waals surface area (Å²) in [5.74, 6) is -0.378. The van der Waals surface area contributed by atoms with Crippen LogP contribution < -0.4 is 0 Å².